The summed E-state index contributed by atoms with van der Waals surface area (Å²) in [6.45, 7) is 2.24. The summed E-state index contributed by atoms with van der Waals surface area (Å²) in [7, 11) is 1.90. The Morgan fingerprint density at radius 2 is 2.17 bits per heavy atom. The zero-order chi connectivity index (χ0) is 13.1. The molecule has 0 aromatic heterocycles. The van der Waals surface area contributed by atoms with E-state index in [-0.39, 0.29) is 5.82 Å². The molecule has 1 fully saturated rings. The molecule has 0 spiro atoms. The highest BCUT2D eigenvalue weighted by Crippen LogP contribution is 2.32. The first-order valence-corrected chi connectivity index (χ1v) is 6.60. The van der Waals surface area contributed by atoms with Gasteiger partial charge in [0.05, 0.1) is 5.69 Å². The first-order valence-electron chi connectivity index (χ1n) is 6.60. The molecule has 1 aromatic carbocycles. The average Bonchev–Trinajstić information content (AvgIpc) is 2.37. The van der Waals surface area contributed by atoms with Crippen molar-refractivity contribution >= 4 is 12.0 Å². The van der Waals surface area contributed by atoms with E-state index in [0.717, 1.165) is 19.1 Å². The van der Waals surface area contributed by atoms with Gasteiger partial charge in [-0.25, -0.2) is 4.39 Å². The lowest BCUT2D eigenvalue weighted by atomic mass is 9.86. The zero-order valence-corrected chi connectivity index (χ0v) is 11.0. The first kappa shape index (κ1) is 13.1. The zero-order valence-electron chi connectivity index (χ0n) is 11.0. The van der Waals surface area contributed by atoms with Crippen LogP contribution in [0.15, 0.2) is 18.2 Å². The van der Waals surface area contributed by atoms with E-state index in [4.69, 9.17) is 0 Å². The Bertz CT molecular complexity index is 433. The van der Waals surface area contributed by atoms with Gasteiger partial charge in [0.15, 0.2) is 6.29 Å². The van der Waals surface area contributed by atoms with Gasteiger partial charge in [-0.1, -0.05) is 25.8 Å². The number of halogens is 1. The van der Waals surface area contributed by atoms with Gasteiger partial charge >= 0.3 is 0 Å². The van der Waals surface area contributed by atoms with Gasteiger partial charge in [0.2, 0.25) is 0 Å². The summed E-state index contributed by atoms with van der Waals surface area (Å²) in [5.41, 5.74) is 0.891. The molecule has 0 radical (unpaired) electrons. The molecule has 0 amide bonds. The molecule has 0 N–H and O–H groups in total. The summed E-state index contributed by atoms with van der Waals surface area (Å²) < 4.78 is 13.9. The second-order valence-corrected chi connectivity index (χ2v) is 5.33. The highest BCUT2D eigenvalue weighted by atomic mass is 19.1. The highest BCUT2D eigenvalue weighted by molar-refractivity contribution is 5.84. The van der Waals surface area contributed by atoms with Crippen LogP contribution in [0.1, 0.15) is 43.0 Å². The third-order valence-electron chi connectivity index (χ3n) is 3.95. The molecule has 2 unspecified atom stereocenters. The van der Waals surface area contributed by atoms with Crippen molar-refractivity contribution in [2.75, 3.05) is 11.9 Å². The standard InChI is InChI=1S/C15H20FNO/c1-11-5-3-7-13(9-11)17(2)15-12(10-18)6-4-8-14(15)16/h4,6,8,10-11,13H,3,5,7,9H2,1-2H3. The average molecular weight is 249 g/mol. The molecule has 1 aliphatic carbocycles. The molecule has 1 aliphatic rings. The van der Waals surface area contributed by atoms with Gasteiger partial charge in [-0.3, -0.25) is 4.79 Å². The second kappa shape index (κ2) is 5.51. The maximum atomic E-state index is 13.9. The Morgan fingerprint density at radius 3 is 2.83 bits per heavy atom. The number of para-hydroxylation sites is 1. The monoisotopic (exact) mass is 249 g/mol. The van der Waals surface area contributed by atoms with E-state index < -0.39 is 0 Å². The van der Waals surface area contributed by atoms with Crippen LogP contribution in [0.25, 0.3) is 0 Å². The molecule has 2 atom stereocenters. The summed E-state index contributed by atoms with van der Waals surface area (Å²) in [6, 6.07) is 5.02. The number of hydrogen-bond donors (Lipinski definition) is 0. The minimum atomic E-state index is -0.305. The third kappa shape index (κ3) is 2.55. The Kier molecular flexibility index (Phi) is 4.00. The molecule has 98 valence electrons. The molecule has 3 heteroatoms. The minimum Gasteiger partial charge on any atom is -0.369 e. The predicted octanol–water partition coefficient (Wildman–Crippen LogP) is 3.65. The molecule has 2 nitrogen and oxygen atoms in total. The van der Waals surface area contributed by atoms with E-state index in [1.54, 1.807) is 12.1 Å². The predicted molar refractivity (Wildman–Crippen MR) is 71.6 cm³/mol. The van der Waals surface area contributed by atoms with Crippen LogP contribution in [0.2, 0.25) is 0 Å². The molecule has 1 saturated carbocycles. The van der Waals surface area contributed by atoms with Crippen LogP contribution in [-0.4, -0.2) is 19.4 Å². The van der Waals surface area contributed by atoms with Crippen LogP contribution in [0.5, 0.6) is 0 Å². The SMILES string of the molecule is CC1CCCC(N(C)c2c(F)cccc2C=O)C1. The summed E-state index contributed by atoms with van der Waals surface area (Å²) >= 11 is 0. The number of anilines is 1. The molecular weight excluding hydrogens is 229 g/mol. The molecule has 0 saturated heterocycles. The summed E-state index contributed by atoms with van der Waals surface area (Å²) in [6.07, 6.45) is 5.32. The number of aldehydes is 1. The van der Waals surface area contributed by atoms with E-state index in [0.29, 0.717) is 23.2 Å². The molecule has 18 heavy (non-hydrogen) atoms. The van der Waals surface area contributed by atoms with Crippen molar-refractivity contribution in [2.24, 2.45) is 5.92 Å². The second-order valence-electron chi connectivity index (χ2n) is 5.33. The lowest BCUT2D eigenvalue weighted by Crippen LogP contribution is -2.36. The Labute approximate surface area is 108 Å². The lowest BCUT2D eigenvalue weighted by molar-refractivity contribution is 0.112. The highest BCUT2D eigenvalue weighted by Gasteiger charge is 2.25. The topological polar surface area (TPSA) is 20.3 Å². The number of nitrogens with zero attached hydrogens (tertiary/aromatic N) is 1. The quantitative estimate of drug-likeness (QED) is 0.762. The van der Waals surface area contributed by atoms with Crippen molar-refractivity contribution in [3.05, 3.63) is 29.6 Å². The van der Waals surface area contributed by atoms with Crippen LogP contribution in [-0.2, 0) is 0 Å². The van der Waals surface area contributed by atoms with Crippen molar-refractivity contribution < 1.29 is 9.18 Å². The fourth-order valence-corrected chi connectivity index (χ4v) is 2.94. The van der Waals surface area contributed by atoms with E-state index in [1.807, 2.05) is 11.9 Å². The van der Waals surface area contributed by atoms with Crippen LogP contribution in [0, 0.1) is 11.7 Å². The maximum Gasteiger partial charge on any atom is 0.152 e. The fourth-order valence-electron chi connectivity index (χ4n) is 2.94. The largest absolute Gasteiger partial charge is 0.369 e. The van der Waals surface area contributed by atoms with Gasteiger partial charge in [0, 0.05) is 18.7 Å². The van der Waals surface area contributed by atoms with Gasteiger partial charge in [0.1, 0.15) is 5.82 Å². The van der Waals surface area contributed by atoms with Gasteiger partial charge in [-0.2, -0.15) is 0 Å². The molecule has 0 bridgehead atoms. The number of hydrogen-bond acceptors (Lipinski definition) is 2. The smallest absolute Gasteiger partial charge is 0.152 e. The normalized spacial score (nSPS) is 23.7. The Morgan fingerprint density at radius 1 is 1.39 bits per heavy atom. The van der Waals surface area contributed by atoms with Crippen molar-refractivity contribution in [2.45, 2.75) is 38.6 Å². The van der Waals surface area contributed by atoms with Crippen LogP contribution < -0.4 is 4.90 Å². The molecule has 0 heterocycles. The van der Waals surface area contributed by atoms with Crippen LogP contribution in [0.4, 0.5) is 10.1 Å². The molecular formula is C15H20FNO. The molecule has 2 rings (SSSR count). The molecule has 0 aliphatic heterocycles. The van der Waals surface area contributed by atoms with E-state index in [9.17, 15) is 9.18 Å². The van der Waals surface area contributed by atoms with Crippen molar-refractivity contribution in [1.82, 2.24) is 0 Å². The van der Waals surface area contributed by atoms with Crippen molar-refractivity contribution in [3.63, 3.8) is 0 Å². The number of rotatable bonds is 3. The van der Waals surface area contributed by atoms with E-state index >= 15 is 0 Å². The van der Waals surface area contributed by atoms with E-state index in [1.165, 1.54) is 18.9 Å². The van der Waals surface area contributed by atoms with Gasteiger partial charge in [-0.05, 0) is 30.9 Å². The minimum absolute atomic E-state index is 0.305. The van der Waals surface area contributed by atoms with E-state index in [2.05, 4.69) is 6.92 Å². The maximum absolute atomic E-state index is 13.9. The number of benzene rings is 1. The van der Waals surface area contributed by atoms with Gasteiger partial charge in [-0.15, -0.1) is 0 Å². The summed E-state index contributed by atoms with van der Waals surface area (Å²) in [4.78, 5) is 13.0. The Balaban J connectivity index is 2.27. The van der Waals surface area contributed by atoms with Crippen molar-refractivity contribution in [3.8, 4) is 0 Å². The lowest BCUT2D eigenvalue weighted by Gasteiger charge is -2.36. The van der Waals surface area contributed by atoms with Crippen LogP contribution in [0.3, 0.4) is 0 Å². The number of carbonyl (C=O) groups excluding carboxylic acids is 1. The third-order valence-corrected chi connectivity index (χ3v) is 3.95. The number of carbonyl (C=O) groups is 1. The van der Waals surface area contributed by atoms with Crippen molar-refractivity contribution in [1.29, 1.82) is 0 Å². The summed E-state index contributed by atoms with van der Waals surface area (Å²) in [5, 5.41) is 0. The van der Waals surface area contributed by atoms with Crippen LogP contribution >= 0.6 is 0 Å². The summed E-state index contributed by atoms with van der Waals surface area (Å²) in [5.74, 6) is 0.373. The van der Waals surface area contributed by atoms with Gasteiger partial charge in [0.25, 0.3) is 0 Å². The fraction of sp³-hybridized carbons (Fsp3) is 0.533. The first-order chi connectivity index (χ1) is 8.63. The Hall–Kier alpha value is -1.38. The van der Waals surface area contributed by atoms with Gasteiger partial charge < -0.3 is 4.90 Å². The molecule has 1 aromatic rings.